The molecule has 0 fully saturated rings. The summed E-state index contributed by atoms with van der Waals surface area (Å²) in [6.45, 7) is 4.74. The minimum atomic E-state index is -3.74. The van der Waals surface area contributed by atoms with Gasteiger partial charge in [0.25, 0.3) is 0 Å². The van der Waals surface area contributed by atoms with Crippen LogP contribution >= 0.6 is 0 Å². The minimum absolute atomic E-state index is 0.119. The van der Waals surface area contributed by atoms with Gasteiger partial charge in [0.15, 0.2) is 0 Å². The van der Waals surface area contributed by atoms with Crippen molar-refractivity contribution in [1.29, 1.82) is 0 Å². The second-order valence-corrected chi connectivity index (χ2v) is 7.87. The number of aliphatic hydroxyl groups is 1. The number of carbonyl (C=O) groups excluding carboxylic acids is 1. The summed E-state index contributed by atoms with van der Waals surface area (Å²) in [5.74, 6) is -0.505. The summed E-state index contributed by atoms with van der Waals surface area (Å²) in [7, 11) is -2.30. The predicted octanol–water partition coefficient (Wildman–Crippen LogP) is 1.13. The molecule has 0 spiro atoms. The second-order valence-electron chi connectivity index (χ2n) is 5.90. The van der Waals surface area contributed by atoms with Crippen molar-refractivity contribution in [3.8, 4) is 0 Å². The maximum atomic E-state index is 12.6. The van der Waals surface area contributed by atoms with E-state index in [1.807, 2.05) is 0 Å². The van der Waals surface area contributed by atoms with Gasteiger partial charge in [0.05, 0.1) is 23.0 Å². The zero-order chi connectivity index (χ0) is 16.0. The molecule has 2 N–H and O–H groups in total. The van der Waals surface area contributed by atoms with Crippen molar-refractivity contribution in [3.05, 3.63) is 23.8 Å². The first-order valence-electron chi connectivity index (χ1n) is 6.66. The van der Waals surface area contributed by atoms with E-state index in [0.29, 0.717) is 11.3 Å². The Morgan fingerprint density at radius 2 is 2.00 bits per heavy atom. The van der Waals surface area contributed by atoms with Crippen LogP contribution in [0.15, 0.2) is 23.1 Å². The number of carbonyl (C=O) groups is 1. The summed E-state index contributed by atoms with van der Waals surface area (Å²) in [6, 6.07) is 4.59. The van der Waals surface area contributed by atoms with Crippen molar-refractivity contribution in [3.63, 3.8) is 0 Å². The number of nitrogens with zero attached hydrogens (tertiary/aromatic N) is 1. The van der Waals surface area contributed by atoms with Gasteiger partial charge in [-0.1, -0.05) is 0 Å². The van der Waals surface area contributed by atoms with E-state index in [9.17, 15) is 18.3 Å². The highest BCUT2D eigenvalue weighted by molar-refractivity contribution is 7.89. The molecule has 1 amide bonds. The maximum Gasteiger partial charge on any atom is 0.243 e. The number of nitrogens with one attached hydrogen (secondary N) is 1. The van der Waals surface area contributed by atoms with Crippen molar-refractivity contribution in [2.75, 3.05) is 19.0 Å². The Labute approximate surface area is 124 Å². The van der Waals surface area contributed by atoms with E-state index in [1.54, 1.807) is 26.8 Å². The van der Waals surface area contributed by atoms with E-state index in [4.69, 9.17) is 0 Å². The largest absolute Gasteiger partial charge is 0.394 e. The lowest BCUT2D eigenvalue weighted by atomic mass is 10.0. The minimum Gasteiger partial charge on any atom is -0.394 e. The van der Waals surface area contributed by atoms with E-state index in [0.717, 1.165) is 4.31 Å². The molecule has 1 heterocycles. The van der Waals surface area contributed by atoms with Gasteiger partial charge in [-0.05, 0) is 44.5 Å². The number of benzene rings is 1. The van der Waals surface area contributed by atoms with Crippen LogP contribution in [-0.4, -0.2) is 42.9 Å². The Morgan fingerprint density at radius 1 is 1.38 bits per heavy atom. The molecule has 1 aliphatic rings. The molecule has 116 valence electrons. The van der Waals surface area contributed by atoms with Crippen LogP contribution in [0.4, 0.5) is 5.69 Å². The highest BCUT2D eigenvalue weighted by Crippen LogP contribution is 2.35. The van der Waals surface area contributed by atoms with Gasteiger partial charge in [0, 0.05) is 12.7 Å². The van der Waals surface area contributed by atoms with Gasteiger partial charge < -0.3 is 10.4 Å². The summed E-state index contributed by atoms with van der Waals surface area (Å²) in [5.41, 5.74) is 0.421. The monoisotopic (exact) mass is 312 g/mol. The predicted molar refractivity (Wildman–Crippen MR) is 79.6 cm³/mol. The Morgan fingerprint density at radius 3 is 2.57 bits per heavy atom. The first kappa shape index (κ1) is 15.9. The molecular weight excluding hydrogens is 292 g/mol. The number of hydrogen-bond donors (Lipinski definition) is 2. The van der Waals surface area contributed by atoms with Crippen LogP contribution in [0.25, 0.3) is 0 Å². The summed E-state index contributed by atoms with van der Waals surface area (Å²) in [5, 5.41) is 12.1. The van der Waals surface area contributed by atoms with Crippen molar-refractivity contribution < 1.29 is 18.3 Å². The Kier molecular flexibility index (Phi) is 3.86. The van der Waals surface area contributed by atoms with Gasteiger partial charge in [0.1, 0.15) is 0 Å². The lowest BCUT2D eigenvalue weighted by molar-refractivity contribution is -0.116. The average molecular weight is 312 g/mol. The first-order valence-corrected chi connectivity index (χ1v) is 8.10. The lowest BCUT2D eigenvalue weighted by Crippen LogP contribution is -2.47. The van der Waals surface area contributed by atoms with Crippen LogP contribution in [0.5, 0.6) is 0 Å². The van der Waals surface area contributed by atoms with Crippen molar-refractivity contribution in [2.24, 2.45) is 0 Å². The molecule has 1 aliphatic heterocycles. The molecule has 0 saturated heterocycles. The molecule has 7 heteroatoms. The lowest BCUT2D eigenvalue weighted by Gasteiger charge is -2.32. The molecule has 2 rings (SSSR count). The normalized spacial score (nSPS) is 18.8. The molecule has 0 saturated carbocycles. The SMILES string of the molecule is CC1C(=O)Nc2ccc(S(=O)(=O)N(C)C(C)(C)CO)cc21. The fraction of sp³-hybridized carbons (Fsp3) is 0.500. The highest BCUT2D eigenvalue weighted by atomic mass is 32.2. The van der Waals surface area contributed by atoms with Crippen LogP contribution in [-0.2, 0) is 14.8 Å². The number of rotatable bonds is 4. The molecule has 21 heavy (non-hydrogen) atoms. The Bertz CT molecular complexity index is 682. The Balaban J connectivity index is 2.46. The van der Waals surface area contributed by atoms with Crippen molar-refractivity contribution in [1.82, 2.24) is 4.31 Å². The van der Waals surface area contributed by atoms with E-state index in [-0.39, 0.29) is 23.3 Å². The molecule has 1 unspecified atom stereocenters. The van der Waals surface area contributed by atoms with Crippen LogP contribution < -0.4 is 5.32 Å². The quantitative estimate of drug-likeness (QED) is 0.872. The third-order valence-electron chi connectivity index (χ3n) is 4.04. The summed E-state index contributed by atoms with van der Waals surface area (Å²) in [4.78, 5) is 11.7. The summed E-state index contributed by atoms with van der Waals surface area (Å²) >= 11 is 0. The number of anilines is 1. The topological polar surface area (TPSA) is 86.7 Å². The molecule has 0 aromatic heterocycles. The Hall–Kier alpha value is -1.44. The van der Waals surface area contributed by atoms with E-state index in [2.05, 4.69) is 5.32 Å². The van der Waals surface area contributed by atoms with Crippen LogP contribution in [0.2, 0.25) is 0 Å². The maximum absolute atomic E-state index is 12.6. The molecule has 1 atom stereocenters. The molecular formula is C14H20N2O4S. The first-order chi connectivity index (χ1) is 9.61. The molecule has 0 radical (unpaired) electrons. The zero-order valence-electron chi connectivity index (χ0n) is 12.5. The standard InChI is InChI=1S/C14H20N2O4S/c1-9-11-7-10(5-6-12(11)15-13(9)18)21(19,20)16(4)14(2,3)8-17/h5-7,9,17H,8H2,1-4H3,(H,15,18). The number of likely N-dealkylation sites (N-methyl/N-ethyl adjacent to an activating group) is 1. The fourth-order valence-corrected chi connectivity index (χ4v) is 3.68. The van der Waals surface area contributed by atoms with Gasteiger partial charge in [-0.15, -0.1) is 0 Å². The van der Waals surface area contributed by atoms with Gasteiger partial charge in [-0.2, -0.15) is 4.31 Å². The van der Waals surface area contributed by atoms with Crippen LogP contribution in [0.3, 0.4) is 0 Å². The fourth-order valence-electron chi connectivity index (χ4n) is 2.14. The molecule has 0 aliphatic carbocycles. The number of fused-ring (bicyclic) bond motifs is 1. The smallest absolute Gasteiger partial charge is 0.243 e. The van der Waals surface area contributed by atoms with Crippen LogP contribution in [0.1, 0.15) is 32.3 Å². The highest BCUT2D eigenvalue weighted by Gasteiger charge is 2.35. The number of sulfonamides is 1. The summed E-state index contributed by atoms with van der Waals surface area (Å²) in [6.07, 6.45) is 0. The van der Waals surface area contributed by atoms with E-state index in [1.165, 1.54) is 19.2 Å². The van der Waals surface area contributed by atoms with Gasteiger partial charge in [-0.25, -0.2) is 8.42 Å². The van der Waals surface area contributed by atoms with E-state index >= 15 is 0 Å². The van der Waals surface area contributed by atoms with Gasteiger partial charge in [-0.3, -0.25) is 4.79 Å². The molecule has 0 bridgehead atoms. The van der Waals surface area contributed by atoms with E-state index < -0.39 is 15.6 Å². The average Bonchev–Trinajstić information content (AvgIpc) is 2.73. The molecule has 6 nitrogen and oxygen atoms in total. The van der Waals surface area contributed by atoms with Gasteiger partial charge in [0.2, 0.25) is 15.9 Å². The van der Waals surface area contributed by atoms with Crippen LogP contribution in [0, 0.1) is 0 Å². The number of aliphatic hydroxyl groups excluding tert-OH is 1. The number of amides is 1. The van der Waals surface area contributed by atoms with Crippen molar-refractivity contribution >= 4 is 21.6 Å². The van der Waals surface area contributed by atoms with Crippen molar-refractivity contribution in [2.45, 2.75) is 37.1 Å². The zero-order valence-corrected chi connectivity index (χ0v) is 13.4. The third kappa shape index (κ3) is 2.56. The molecule has 1 aromatic carbocycles. The summed E-state index contributed by atoms with van der Waals surface area (Å²) < 4.78 is 26.4. The number of hydrogen-bond acceptors (Lipinski definition) is 4. The molecule has 1 aromatic rings. The second kappa shape index (κ2) is 5.08. The third-order valence-corrected chi connectivity index (χ3v) is 6.10. The van der Waals surface area contributed by atoms with Gasteiger partial charge >= 0.3 is 0 Å².